The van der Waals surface area contributed by atoms with E-state index in [0.717, 1.165) is 49.7 Å². The predicted octanol–water partition coefficient (Wildman–Crippen LogP) is 2.44. The summed E-state index contributed by atoms with van der Waals surface area (Å²) in [4.78, 5) is 18.1. The van der Waals surface area contributed by atoms with E-state index in [2.05, 4.69) is 44.8 Å². The fourth-order valence-electron chi connectivity index (χ4n) is 3.09. The first-order chi connectivity index (χ1) is 11.6. The number of rotatable bonds is 6. The predicted molar refractivity (Wildman–Crippen MR) is 98.0 cm³/mol. The minimum atomic E-state index is -0.183. The van der Waals surface area contributed by atoms with Crippen molar-refractivity contribution in [3.8, 4) is 0 Å². The maximum absolute atomic E-state index is 11.4. The van der Waals surface area contributed by atoms with E-state index in [1.165, 1.54) is 11.3 Å². The molecule has 1 atom stereocenters. The quantitative estimate of drug-likeness (QED) is 0.844. The van der Waals surface area contributed by atoms with Crippen LogP contribution in [0.25, 0.3) is 0 Å². The first kappa shape index (κ1) is 16.9. The molecule has 1 saturated heterocycles. The third-order valence-corrected chi connectivity index (χ3v) is 5.25. The number of nitrogens with zero attached hydrogens (tertiary/aromatic N) is 2. The lowest BCUT2D eigenvalue weighted by atomic mass is 9.97. The molecule has 5 nitrogen and oxygen atoms in total. The van der Waals surface area contributed by atoms with Crippen LogP contribution in [-0.2, 0) is 17.9 Å². The molecule has 0 unspecified atom stereocenters. The van der Waals surface area contributed by atoms with Crippen LogP contribution in [0.4, 0.5) is 5.69 Å². The number of hydrogen-bond acceptors (Lipinski definition) is 5. The zero-order valence-corrected chi connectivity index (χ0v) is 14.8. The normalized spacial score (nSPS) is 17.9. The van der Waals surface area contributed by atoms with E-state index >= 15 is 0 Å². The number of aryl methyl sites for hydroxylation is 1. The lowest BCUT2D eigenvalue weighted by molar-refractivity contribution is -0.122. The lowest BCUT2D eigenvalue weighted by Crippen LogP contribution is -2.41. The number of carbonyl (C=O) groups excluding carboxylic acids is 1. The number of nitrogens with two attached hydrogens (primary N) is 1. The van der Waals surface area contributed by atoms with Gasteiger partial charge in [-0.1, -0.05) is 12.1 Å². The molecule has 2 aromatic rings. The molecule has 0 bridgehead atoms. The van der Waals surface area contributed by atoms with Gasteiger partial charge >= 0.3 is 0 Å². The highest BCUT2D eigenvalue weighted by Crippen LogP contribution is 2.23. The third kappa shape index (κ3) is 4.33. The summed E-state index contributed by atoms with van der Waals surface area (Å²) in [6.45, 7) is 5.36. The highest BCUT2D eigenvalue weighted by molar-refractivity contribution is 7.09. The Hall–Kier alpha value is -1.92. The third-order valence-electron chi connectivity index (χ3n) is 4.43. The topological polar surface area (TPSA) is 71.2 Å². The molecular formula is C18H24N4OS. The van der Waals surface area contributed by atoms with Crippen LogP contribution in [0.1, 0.15) is 29.1 Å². The average Bonchev–Trinajstić information content (AvgIpc) is 3.01. The van der Waals surface area contributed by atoms with Gasteiger partial charge in [0.15, 0.2) is 0 Å². The first-order valence-electron chi connectivity index (χ1n) is 8.37. The number of anilines is 1. The summed E-state index contributed by atoms with van der Waals surface area (Å²) in [5.74, 6) is -0.209. The molecule has 0 saturated carbocycles. The molecule has 6 heteroatoms. The van der Waals surface area contributed by atoms with Crippen molar-refractivity contribution < 1.29 is 4.79 Å². The Labute approximate surface area is 146 Å². The van der Waals surface area contributed by atoms with Gasteiger partial charge in [0.1, 0.15) is 0 Å². The van der Waals surface area contributed by atoms with Crippen LogP contribution in [0.5, 0.6) is 0 Å². The molecular weight excluding hydrogens is 320 g/mol. The largest absolute Gasteiger partial charge is 0.371 e. The Morgan fingerprint density at radius 1 is 1.38 bits per heavy atom. The van der Waals surface area contributed by atoms with E-state index in [1.807, 2.05) is 6.92 Å². The average molecular weight is 344 g/mol. The molecule has 3 N–H and O–H groups in total. The number of aromatic nitrogens is 1. The number of amides is 1. The molecule has 1 fully saturated rings. The Morgan fingerprint density at radius 3 is 2.83 bits per heavy atom. The highest BCUT2D eigenvalue weighted by atomic mass is 32.1. The van der Waals surface area contributed by atoms with Crippen molar-refractivity contribution in [2.45, 2.75) is 32.9 Å². The fraction of sp³-hybridized carbons (Fsp3) is 0.444. The van der Waals surface area contributed by atoms with Gasteiger partial charge in [0.25, 0.3) is 0 Å². The monoisotopic (exact) mass is 344 g/mol. The Bertz CT molecular complexity index is 683. The van der Waals surface area contributed by atoms with Gasteiger partial charge < -0.3 is 16.0 Å². The molecule has 2 heterocycles. The van der Waals surface area contributed by atoms with Crippen LogP contribution in [-0.4, -0.2) is 24.0 Å². The summed E-state index contributed by atoms with van der Waals surface area (Å²) < 4.78 is 0. The van der Waals surface area contributed by atoms with Crippen molar-refractivity contribution in [3.05, 3.63) is 45.9 Å². The van der Waals surface area contributed by atoms with Gasteiger partial charge in [-0.05, 0) is 37.5 Å². The van der Waals surface area contributed by atoms with Gasteiger partial charge in [-0.15, -0.1) is 11.3 Å². The summed E-state index contributed by atoms with van der Waals surface area (Å²) in [5.41, 5.74) is 8.97. The van der Waals surface area contributed by atoms with E-state index in [-0.39, 0.29) is 11.8 Å². The molecule has 0 radical (unpaired) electrons. The van der Waals surface area contributed by atoms with Crippen LogP contribution in [0.2, 0.25) is 0 Å². The second-order valence-corrected chi connectivity index (χ2v) is 7.38. The number of piperidine rings is 1. The van der Waals surface area contributed by atoms with Crippen molar-refractivity contribution in [3.63, 3.8) is 0 Å². The SMILES string of the molecule is Cc1nc(CNCc2ccc(N3CCC[C@@H](C(N)=O)C3)cc2)cs1. The molecule has 128 valence electrons. The molecule has 0 spiro atoms. The number of thiazole rings is 1. The van der Waals surface area contributed by atoms with E-state index in [9.17, 15) is 4.79 Å². The second-order valence-electron chi connectivity index (χ2n) is 6.32. The lowest BCUT2D eigenvalue weighted by Gasteiger charge is -2.33. The zero-order valence-electron chi connectivity index (χ0n) is 14.0. The van der Waals surface area contributed by atoms with Crippen molar-refractivity contribution in [1.29, 1.82) is 0 Å². The van der Waals surface area contributed by atoms with Crippen LogP contribution >= 0.6 is 11.3 Å². The second kappa shape index (κ2) is 7.77. The summed E-state index contributed by atoms with van der Waals surface area (Å²) in [6, 6.07) is 8.55. The van der Waals surface area contributed by atoms with Gasteiger partial charge in [0, 0.05) is 37.2 Å². The van der Waals surface area contributed by atoms with Crippen LogP contribution < -0.4 is 16.0 Å². The molecule has 1 aromatic carbocycles. The highest BCUT2D eigenvalue weighted by Gasteiger charge is 2.23. The summed E-state index contributed by atoms with van der Waals surface area (Å²) in [7, 11) is 0. The van der Waals surface area contributed by atoms with E-state index in [0.29, 0.717) is 0 Å². The molecule has 1 aromatic heterocycles. The van der Waals surface area contributed by atoms with Crippen molar-refractivity contribution >= 4 is 22.9 Å². The maximum atomic E-state index is 11.4. The summed E-state index contributed by atoms with van der Waals surface area (Å²) in [6.07, 6.45) is 1.92. The molecule has 1 aliphatic heterocycles. The number of primary amides is 1. The first-order valence-corrected chi connectivity index (χ1v) is 9.24. The van der Waals surface area contributed by atoms with Crippen molar-refractivity contribution in [2.75, 3.05) is 18.0 Å². The zero-order chi connectivity index (χ0) is 16.9. The molecule has 24 heavy (non-hydrogen) atoms. The van der Waals surface area contributed by atoms with E-state index in [4.69, 9.17) is 5.73 Å². The smallest absolute Gasteiger partial charge is 0.222 e. The van der Waals surface area contributed by atoms with Gasteiger partial charge in [0.2, 0.25) is 5.91 Å². The number of nitrogens with one attached hydrogen (secondary N) is 1. The maximum Gasteiger partial charge on any atom is 0.222 e. The minimum Gasteiger partial charge on any atom is -0.371 e. The Balaban J connectivity index is 1.52. The van der Waals surface area contributed by atoms with Crippen molar-refractivity contribution in [1.82, 2.24) is 10.3 Å². The van der Waals surface area contributed by atoms with Gasteiger partial charge in [-0.2, -0.15) is 0 Å². The van der Waals surface area contributed by atoms with Gasteiger partial charge in [0.05, 0.1) is 16.6 Å². The minimum absolute atomic E-state index is 0.0262. The van der Waals surface area contributed by atoms with E-state index < -0.39 is 0 Å². The fourth-order valence-corrected chi connectivity index (χ4v) is 3.71. The van der Waals surface area contributed by atoms with E-state index in [1.54, 1.807) is 11.3 Å². The van der Waals surface area contributed by atoms with Crippen LogP contribution in [0.3, 0.4) is 0 Å². The Kier molecular flexibility index (Phi) is 5.48. The van der Waals surface area contributed by atoms with Crippen LogP contribution in [0.15, 0.2) is 29.6 Å². The molecule has 0 aliphatic carbocycles. The van der Waals surface area contributed by atoms with Crippen molar-refractivity contribution in [2.24, 2.45) is 11.7 Å². The van der Waals surface area contributed by atoms with Gasteiger partial charge in [-0.25, -0.2) is 4.98 Å². The van der Waals surface area contributed by atoms with Gasteiger partial charge in [-0.3, -0.25) is 4.79 Å². The number of hydrogen-bond donors (Lipinski definition) is 2. The molecule has 1 amide bonds. The standard InChI is InChI=1S/C18H24N4OS/c1-13-21-16(12-24-13)10-20-9-14-4-6-17(7-5-14)22-8-2-3-15(11-22)18(19)23/h4-7,12,15,20H,2-3,8-11H2,1H3,(H2,19,23)/t15-/m1/s1. The molecule has 3 rings (SSSR count). The number of carbonyl (C=O) groups is 1. The summed E-state index contributed by atoms with van der Waals surface area (Å²) in [5, 5.41) is 6.62. The van der Waals surface area contributed by atoms with Crippen LogP contribution in [0, 0.1) is 12.8 Å². The number of benzene rings is 1. The molecule has 1 aliphatic rings. The Morgan fingerprint density at radius 2 is 2.17 bits per heavy atom. The summed E-state index contributed by atoms with van der Waals surface area (Å²) >= 11 is 1.68.